The fourth-order valence-electron chi connectivity index (χ4n) is 1.03. The number of sulfonamides is 1. The summed E-state index contributed by atoms with van der Waals surface area (Å²) in [6.07, 6.45) is -12.9. The zero-order valence-electron chi connectivity index (χ0n) is 11.0. The average molecular weight is 363 g/mol. The van der Waals surface area contributed by atoms with Gasteiger partial charge in [0.15, 0.2) is 0 Å². The summed E-state index contributed by atoms with van der Waals surface area (Å²) >= 11 is 0. The number of halogens is 7. The molecular formula is C9H12F7NO4S. The van der Waals surface area contributed by atoms with E-state index in [1.807, 2.05) is 0 Å². The van der Waals surface area contributed by atoms with Gasteiger partial charge in [-0.05, 0) is 6.42 Å². The Morgan fingerprint density at radius 2 is 1.59 bits per heavy atom. The lowest BCUT2D eigenvalue weighted by Gasteiger charge is -2.26. The van der Waals surface area contributed by atoms with Gasteiger partial charge in [-0.15, -0.1) is 0 Å². The van der Waals surface area contributed by atoms with E-state index in [1.165, 1.54) is 6.92 Å². The topological polar surface area (TPSA) is 72.5 Å². The lowest BCUT2D eigenvalue weighted by Crippen LogP contribution is -2.57. The highest BCUT2D eigenvalue weighted by Crippen LogP contribution is 2.35. The minimum absolute atomic E-state index is 0.129. The minimum atomic E-state index is -5.91. The van der Waals surface area contributed by atoms with E-state index in [4.69, 9.17) is 0 Å². The van der Waals surface area contributed by atoms with Gasteiger partial charge in [-0.25, -0.2) is 13.1 Å². The predicted octanol–water partition coefficient (Wildman–Crippen LogP) is 2.04. The molecule has 0 saturated heterocycles. The van der Waals surface area contributed by atoms with Crippen molar-refractivity contribution in [3.05, 3.63) is 0 Å². The van der Waals surface area contributed by atoms with Gasteiger partial charge in [-0.1, -0.05) is 6.92 Å². The van der Waals surface area contributed by atoms with Gasteiger partial charge in [-0.3, -0.25) is 4.79 Å². The fourth-order valence-corrected chi connectivity index (χ4v) is 2.04. The number of ether oxygens (including phenoxy) is 1. The molecule has 0 aliphatic rings. The molecule has 13 heteroatoms. The summed E-state index contributed by atoms with van der Waals surface area (Å²) in [7, 11) is -5.12. The molecule has 1 amide bonds. The standard InChI is InChI=1S/C9H12F7NO4S/c1-2-4-21-8(13,9(14,15)16)6(18)17-22(19,20)5-3-7(10,11)12/h2-5H2,1H3,(H,17,18). The second kappa shape index (κ2) is 6.98. The first-order chi connectivity index (χ1) is 9.65. The second-order valence-corrected chi connectivity index (χ2v) is 5.90. The quantitative estimate of drug-likeness (QED) is 0.703. The van der Waals surface area contributed by atoms with Gasteiger partial charge in [0, 0.05) is 0 Å². The van der Waals surface area contributed by atoms with Crippen LogP contribution >= 0.6 is 0 Å². The van der Waals surface area contributed by atoms with Crippen LogP contribution in [0.3, 0.4) is 0 Å². The molecule has 0 spiro atoms. The molecule has 5 nitrogen and oxygen atoms in total. The normalized spacial score (nSPS) is 16.2. The highest BCUT2D eigenvalue weighted by atomic mass is 32.2. The monoisotopic (exact) mass is 363 g/mol. The summed E-state index contributed by atoms with van der Waals surface area (Å²) in [5.41, 5.74) is 0. The van der Waals surface area contributed by atoms with Crippen LogP contribution in [-0.2, 0) is 19.6 Å². The molecule has 1 unspecified atom stereocenters. The Morgan fingerprint density at radius 3 is 1.95 bits per heavy atom. The molecule has 0 heterocycles. The highest BCUT2D eigenvalue weighted by Gasteiger charge is 2.64. The molecule has 132 valence electrons. The van der Waals surface area contributed by atoms with E-state index in [1.54, 1.807) is 0 Å². The zero-order chi connectivity index (χ0) is 17.8. The zero-order valence-corrected chi connectivity index (χ0v) is 11.8. The molecule has 0 bridgehead atoms. The third kappa shape index (κ3) is 6.34. The van der Waals surface area contributed by atoms with Gasteiger partial charge in [-0.2, -0.15) is 30.7 Å². The fraction of sp³-hybridized carbons (Fsp3) is 0.889. The molecule has 0 aliphatic heterocycles. The highest BCUT2D eigenvalue weighted by molar-refractivity contribution is 7.90. The molecule has 0 saturated carbocycles. The number of nitrogens with one attached hydrogen (secondary N) is 1. The maximum absolute atomic E-state index is 13.6. The van der Waals surface area contributed by atoms with E-state index in [-0.39, 0.29) is 6.42 Å². The van der Waals surface area contributed by atoms with Crippen molar-refractivity contribution in [1.29, 1.82) is 0 Å². The van der Waals surface area contributed by atoms with Crippen molar-refractivity contribution < 1.29 is 48.7 Å². The van der Waals surface area contributed by atoms with Gasteiger partial charge in [0.1, 0.15) is 0 Å². The molecule has 0 aromatic rings. The van der Waals surface area contributed by atoms with Crippen molar-refractivity contribution in [2.45, 2.75) is 38.0 Å². The maximum atomic E-state index is 13.6. The van der Waals surface area contributed by atoms with Crippen LogP contribution in [-0.4, -0.2) is 44.9 Å². The summed E-state index contributed by atoms with van der Waals surface area (Å²) < 4.78 is 113. The van der Waals surface area contributed by atoms with E-state index >= 15 is 0 Å². The molecule has 1 N–H and O–H groups in total. The molecule has 0 rings (SSSR count). The minimum Gasteiger partial charge on any atom is -0.332 e. The predicted molar refractivity (Wildman–Crippen MR) is 58.7 cm³/mol. The first kappa shape index (κ1) is 20.9. The van der Waals surface area contributed by atoms with Gasteiger partial charge in [0.2, 0.25) is 10.0 Å². The van der Waals surface area contributed by atoms with Gasteiger partial charge < -0.3 is 4.74 Å². The van der Waals surface area contributed by atoms with Crippen molar-refractivity contribution in [3.8, 4) is 0 Å². The van der Waals surface area contributed by atoms with Crippen LogP contribution in [0.2, 0.25) is 0 Å². The maximum Gasteiger partial charge on any atom is 0.458 e. The van der Waals surface area contributed by atoms with Crippen LogP contribution in [0.25, 0.3) is 0 Å². The summed E-state index contributed by atoms with van der Waals surface area (Å²) in [6.45, 7) is 0.417. The first-order valence-corrected chi connectivity index (χ1v) is 7.31. The summed E-state index contributed by atoms with van der Waals surface area (Å²) in [4.78, 5) is 11.2. The number of carbonyl (C=O) groups excluding carboxylic acids is 1. The van der Waals surface area contributed by atoms with Crippen LogP contribution in [0.5, 0.6) is 0 Å². The van der Waals surface area contributed by atoms with Crippen LogP contribution in [0, 0.1) is 0 Å². The van der Waals surface area contributed by atoms with Crippen LogP contribution in [0.15, 0.2) is 0 Å². The van der Waals surface area contributed by atoms with E-state index < -0.39 is 52.9 Å². The van der Waals surface area contributed by atoms with Crippen LogP contribution < -0.4 is 4.72 Å². The number of hydrogen-bond acceptors (Lipinski definition) is 4. The van der Waals surface area contributed by atoms with Gasteiger partial charge in [0.05, 0.1) is 18.8 Å². The first-order valence-electron chi connectivity index (χ1n) is 5.66. The molecule has 0 aromatic carbocycles. The molecule has 0 radical (unpaired) electrons. The van der Waals surface area contributed by atoms with Crippen LogP contribution in [0.4, 0.5) is 30.7 Å². The number of hydrogen-bond donors (Lipinski definition) is 1. The number of carbonyl (C=O) groups is 1. The number of rotatable bonds is 7. The average Bonchev–Trinajstić information content (AvgIpc) is 2.30. The molecule has 0 fully saturated rings. The van der Waals surface area contributed by atoms with Crippen molar-refractivity contribution in [3.63, 3.8) is 0 Å². The van der Waals surface area contributed by atoms with Crippen molar-refractivity contribution in [2.75, 3.05) is 12.4 Å². The van der Waals surface area contributed by atoms with Crippen molar-refractivity contribution in [2.24, 2.45) is 0 Å². The van der Waals surface area contributed by atoms with Crippen molar-refractivity contribution >= 4 is 15.9 Å². The van der Waals surface area contributed by atoms with E-state index in [0.717, 1.165) is 0 Å². The number of alkyl halides is 7. The summed E-state index contributed by atoms with van der Waals surface area (Å²) in [6, 6.07) is 0. The van der Waals surface area contributed by atoms with Crippen molar-refractivity contribution in [1.82, 2.24) is 4.72 Å². The number of amides is 1. The van der Waals surface area contributed by atoms with Gasteiger partial charge >= 0.3 is 24.1 Å². The lowest BCUT2D eigenvalue weighted by atomic mass is 10.3. The smallest absolute Gasteiger partial charge is 0.332 e. The Hall–Kier alpha value is -1.11. The summed E-state index contributed by atoms with van der Waals surface area (Å²) in [5, 5.41) is 0. The Kier molecular flexibility index (Phi) is 6.63. The van der Waals surface area contributed by atoms with E-state index in [2.05, 4.69) is 4.74 Å². The molecule has 22 heavy (non-hydrogen) atoms. The Bertz CT molecular complexity index is 487. The lowest BCUT2D eigenvalue weighted by molar-refractivity contribution is -0.314. The molecule has 1 atom stereocenters. The molecule has 0 aliphatic carbocycles. The Morgan fingerprint density at radius 1 is 1.09 bits per heavy atom. The molecule has 0 aromatic heterocycles. The molecular weight excluding hydrogens is 351 g/mol. The largest absolute Gasteiger partial charge is 0.458 e. The Balaban J connectivity index is 5.12. The second-order valence-electron chi connectivity index (χ2n) is 4.06. The SMILES string of the molecule is CCCOC(F)(C(=O)NS(=O)(=O)CCC(F)(F)F)C(F)(F)F. The van der Waals surface area contributed by atoms with E-state index in [0.29, 0.717) is 4.72 Å². The van der Waals surface area contributed by atoms with Crippen LogP contribution in [0.1, 0.15) is 19.8 Å². The third-order valence-electron chi connectivity index (χ3n) is 2.06. The summed E-state index contributed by atoms with van der Waals surface area (Å²) in [5.74, 6) is -9.46. The van der Waals surface area contributed by atoms with E-state index in [9.17, 15) is 43.9 Å². The Labute approximate surface area is 120 Å². The van der Waals surface area contributed by atoms with Gasteiger partial charge in [0.25, 0.3) is 0 Å². The third-order valence-corrected chi connectivity index (χ3v) is 3.30.